The largest absolute Gasteiger partial charge is 0.388 e. The van der Waals surface area contributed by atoms with Gasteiger partial charge in [-0.3, -0.25) is 14.9 Å². The molecule has 0 saturated carbocycles. The number of carbonyl (C=O) groups excluding carboxylic acids is 2. The van der Waals surface area contributed by atoms with E-state index in [2.05, 4.69) is 39.0 Å². The van der Waals surface area contributed by atoms with Crippen molar-refractivity contribution in [1.29, 1.82) is 5.26 Å². The number of amides is 2. The number of fused-ring (bicyclic) bond motifs is 1. The molecule has 2 aromatic carbocycles. The van der Waals surface area contributed by atoms with Gasteiger partial charge < -0.3 is 15.5 Å². The van der Waals surface area contributed by atoms with Crippen LogP contribution in [0, 0.1) is 11.3 Å². The normalized spacial score (nSPS) is 12.4. The fourth-order valence-corrected chi connectivity index (χ4v) is 4.36. The van der Waals surface area contributed by atoms with Crippen LogP contribution < -0.4 is 16.0 Å². The number of thiazole rings is 1. The lowest BCUT2D eigenvalue weighted by Gasteiger charge is -2.20. The van der Waals surface area contributed by atoms with Gasteiger partial charge in [0, 0.05) is 49.2 Å². The second-order valence-electron chi connectivity index (χ2n) is 7.47. The maximum absolute atomic E-state index is 12.4. The zero-order chi connectivity index (χ0) is 23.6. The van der Waals surface area contributed by atoms with Crippen LogP contribution >= 0.6 is 11.3 Å². The van der Waals surface area contributed by atoms with E-state index in [0.717, 1.165) is 36.5 Å². The number of carbonyl (C=O) groups is 2. The van der Waals surface area contributed by atoms with Gasteiger partial charge in [-0.1, -0.05) is 18.2 Å². The summed E-state index contributed by atoms with van der Waals surface area (Å²) in [7, 11) is 3.91. The standard InChI is InChI=1S/C16H18N4O2S.C8H8N2/c1-20-6-5-13-14(9-20)23-16(18-13)19-15(22)12-4-2-3-11(7-12)8-17-10-21;1-10-8-4-2-3-7(5-8)6-9/h2-4,7,10H,5-6,8-9H2,1H3,(H,17,21)(H,18,19,22);2-5,10H,1H3. The van der Waals surface area contributed by atoms with Gasteiger partial charge in [0.15, 0.2) is 5.13 Å². The van der Waals surface area contributed by atoms with Crippen LogP contribution in [0.4, 0.5) is 10.8 Å². The van der Waals surface area contributed by atoms with Gasteiger partial charge in [0.2, 0.25) is 6.41 Å². The third-order valence-electron chi connectivity index (χ3n) is 5.00. The molecule has 3 aromatic rings. The molecule has 33 heavy (non-hydrogen) atoms. The molecular formula is C24H26N6O2S. The Kier molecular flexibility index (Phi) is 8.52. The lowest BCUT2D eigenvalue weighted by atomic mass is 10.1. The minimum Gasteiger partial charge on any atom is -0.388 e. The Balaban J connectivity index is 0.000000257. The molecular weight excluding hydrogens is 436 g/mol. The molecule has 8 nitrogen and oxygen atoms in total. The van der Waals surface area contributed by atoms with Crippen LogP contribution in [-0.4, -0.2) is 42.8 Å². The molecule has 9 heteroatoms. The number of nitrogens with one attached hydrogen (secondary N) is 3. The molecule has 0 spiro atoms. The second-order valence-corrected chi connectivity index (χ2v) is 8.56. The maximum atomic E-state index is 12.4. The minimum absolute atomic E-state index is 0.183. The number of hydrogen-bond acceptors (Lipinski definition) is 7. The number of nitrogens with zero attached hydrogens (tertiary/aromatic N) is 3. The quantitative estimate of drug-likeness (QED) is 0.485. The van der Waals surface area contributed by atoms with Crippen molar-refractivity contribution in [1.82, 2.24) is 15.2 Å². The summed E-state index contributed by atoms with van der Waals surface area (Å²) in [6, 6.07) is 16.6. The van der Waals surface area contributed by atoms with Crippen molar-refractivity contribution in [2.24, 2.45) is 0 Å². The van der Waals surface area contributed by atoms with Crippen molar-refractivity contribution in [3.8, 4) is 6.07 Å². The summed E-state index contributed by atoms with van der Waals surface area (Å²) in [6.07, 6.45) is 1.56. The van der Waals surface area contributed by atoms with E-state index in [-0.39, 0.29) is 5.91 Å². The predicted octanol–water partition coefficient (Wildman–Crippen LogP) is 3.23. The number of hydrogen-bond donors (Lipinski definition) is 3. The van der Waals surface area contributed by atoms with E-state index < -0.39 is 0 Å². The number of aromatic nitrogens is 1. The third kappa shape index (κ3) is 6.87. The highest BCUT2D eigenvalue weighted by molar-refractivity contribution is 7.15. The van der Waals surface area contributed by atoms with Gasteiger partial charge in [-0.15, -0.1) is 11.3 Å². The van der Waals surface area contributed by atoms with Crippen LogP contribution in [0.3, 0.4) is 0 Å². The molecule has 0 atom stereocenters. The molecule has 0 bridgehead atoms. The highest BCUT2D eigenvalue weighted by Crippen LogP contribution is 2.28. The number of nitriles is 1. The maximum Gasteiger partial charge on any atom is 0.257 e. The Bertz CT molecular complexity index is 1150. The first-order valence-corrected chi connectivity index (χ1v) is 11.3. The summed E-state index contributed by atoms with van der Waals surface area (Å²) in [6.45, 7) is 2.29. The van der Waals surface area contributed by atoms with E-state index in [9.17, 15) is 9.59 Å². The van der Waals surface area contributed by atoms with Gasteiger partial charge in [0.25, 0.3) is 5.91 Å². The summed E-state index contributed by atoms with van der Waals surface area (Å²) in [5.41, 5.74) is 4.18. The number of anilines is 2. The van der Waals surface area contributed by atoms with E-state index in [0.29, 0.717) is 29.2 Å². The molecule has 1 aliphatic rings. The molecule has 2 amide bonds. The van der Waals surface area contributed by atoms with E-state index >= 15 is 0 Å². The van der Waals surface area contributed by atoms with Crippen molar-refractivity contribution < 1.29 is 9.59 Å². The van der Waals surface area contributed by atoms with Gasteiger partial charge in [-0.25, -0.2) is 4.98 Å². The Morgan fingerprint density at radius 3 is 2.85 bits per heavy atom. The molecule has 2 heterocycles. The molecule has 4 rings (SSSR count). The summed E-state index contributed by atoms with van der Waals surface area (Å²) in [5, 5.41) is 17.5. The van der Waals surface area contributed by atoms with Gasteiger partial charge in [-0.05, 0) is 42.9 Å². The van der Waals surface area contributed by atoms with Crippen molar-refractivity contribution in [3.05, 3.63) is 75.8 Å². The zero-order valence-corrected chi connectivity index (χ0v) is 19.4. The van der Waals surface area contributed by atoms with E-state index in [1.165, 1.54) is 16.2 Å². The number of rotatable bonds is 6. The average Bonchev–Trinajstić information content (AvgIpc) is 3.24. The molecule has 0 fully saturated rings. The Morgan fingerprint density at radius 2 is 2.09 bits per heavy atom. The number of likely N-dealkylation sites (N-methyl/N-ethyl adjacent to an activating group) is 1. The van der Waals surface area contributed by atoms with Crippen LogP contribution in [0.15, 0.2) is 48.5 Å². The first-order valence-electron chi connectivity index (χ1n) is 10.4. The lowest BCUT2D eigenvalue weighted by Crippen LogP contribution is -2.25. The lowest BCUT2D eigenvalue weighted by molar-refractivity contribution is -0.109. The predicted molar refractivity (Wildman–Crippen MR) is 130 cm³/mol. The highest BCUT2D eigenvalue weighted by Gasteiger charge is 2.19. The minimum atomic E-state index is -0.183. The van der Waals surface area contributed by atoms with Crippen LogP contribution in [0.5, 0.6) is 0 Å². The second kappa shape index (κ2) is 11.8. The molecule has 3 N–H and O–H groups in total. The summed E-state index contributed by atoms with van der Waals surface area (Å²) in [4.78, 5) is 30.7. The molecule has 0 radical (unpaired) electrons. The van der Waals surface area contributed by atoms with E-state index in [4.69, 9.17) is 5.26 Å². The Labute approximate surface area is 197 Å². The molecule has 0 saturated heterocycles. The highest BCUT2D eigenvalue weighted by atomic mass is 32.1. The van der Waals surface area contributed by atoms with Crippen LogP contribution in [0.1, 0.15) is 32.1 Å². The van der Waals surface area contributed by atoms with Gasteiger partial charge in [0.1, 0.15) is 0 Å². The van der Waals surface area contributed by atoms with Crippen molar-refractivity contribution >= 4 is 34.5 Å². The fraction of sp³-hybridized carbons (Fsp3) is 0.250. The van der Waals surface area contributed by atoms with E-state index in [1.54, 1.807) is 30.3 Å². The molecule has 170 valence electrons. The Hall–Kier alpha value is -3.74. The monoisotopic (exact) mass is 462 g/mol. The average molecular weight is 463 g/mol. The fourth-order valence-electron chi connectivity index (χ4n) is 3.27. The third-order valence-corrected chi connectivity index (χ3v) is 6.00. The first kappa shape index (κ1) is 23.9. The van der Waals surface area contributed by atoms with Crippen LogP contribution in [0.25, 0.3) is 0 Å². The summed E-state index contributed by atoms with van der Waals surface area (Å²) in [5.74, 6) is -0.183. The smallest absolute Gasteiger partial charge is 0.257 e. The Morgan fingerprint density at radius 1 is 1.27 bits per heavy atom. The van der Waals surface area contributed by atoms with Crippen LogP contribution in [-0.2, 0) is 24.3 Å². The van der Waals surface area contributed by atoms with Gasteiger partial charge in [0.05, 0.1) is 17.3 Å². The van der Waals surface area contributed by atoms with E-state index in [1.807, 2.05) is 25.2 Å². The van der Waals surface area contributed by atoms with Crippen molar-refractivity contribution in [3.63, 3.8) is 0 Å². The summed E-state index contributed by atoms with van der Waals surface area (Å²) >= 11 is 1.54. The molecule has 1 aliphatic heterocycles. The van der Waals surface area contributed by atoms with Gasteiger partial charge in [-0.2, -0.15) is 5.26 Å². The molecule has 1 aromatic heterocycles. The SMILES string of the molecule is CN1CCc2nc(NC(=O)c3cccc(CNC=O)c3)sc2C1.CNc1cccc(C#N)c1. The number of benzene rings is 2. The topological polar surface area (TPSA) is 110 Å². The molecule has 0 aliphatic carbocycles. The summed E-state index contributed by atoms with van der Waals surface area (Å²) < 4.78 is 0. The van der Waals surface area contributed by atoms with Crippen molar-refractivity contribution in [2.45, 2.75) is 19.5 Å². The zero-order valence-electron chi connectivity index (χ0n) is 18.6. The van der Waals surface area contributed by atoms with Crippen LogP contribution in [0.2, 0.25) is 0 Å². The van der Waals surface area contributed by atoms with Gasteiger partial charge >= 0.3 is 0 Å². The molecule has 0 unspecified atom stereocenters. The first-order chi connectivity index (χ1) is 16.0. The van der Waals surface area contributed by atoms with Crippen molar-refractivity contribution in [2.75, 3.05) is 31.3 Å².